The number of para-hydroxylation sites is 1. The van der Waals surface area contributed by atoms with Crippen molar-refractivity contribution < 1.29 is 9.90 Å². The number of aryl methyl sites for hydroxylation is 1. The second-order valence-corrected chi connectivity index (χ2v) is 11.3. The van der Waals surface area contributed by atoms with Crippen molar-refractivity contribution in [2.45, 2.75) is 57.4 Å². The predicted octanol–water partition coefficient (Wildman–Crippen LogP) is 6.01. The van der Waals surface area contributed by atoms with Gasteiger partial charge in [-0.05, 0) is 72.2 Å². The Hall–Kier alpha value is -3.16. The third kappa shape index (κ3) is 4.34. The highest BCUT2D eigenvalue weighted by atomic mass is 35.5. The van der Waals surface area contributed by atoms with E-state index < -0.39 is 11.4 Å². The molecule has 6 rings (SSSR count). The van der Waals surface area contributed by atoms with Crippen LogP contribution >= 0.6 is 11.6 Å². The number of nitrogens with one attached hydrogen (secondary N) is 1. The summed E-state index contributed by atoms with van der Waals surface area (Å²) in [4.78, 5) is 25.5. The summed E-state index contributed by atoms with van der Waals surface area (Å²) in [6.45, 7) is 7.89. The van der Waals surface area contributed by atoms with Gasteiger partial charge >= 0.3 is 5.97 Å². The molecule has 3 aliphatic rings. The molecule has 0 fully saturated rings. The molecule has 8 heteroatoms. The number of fused-ring (bicyclic) bond motifs is 1. The van der Waals surface area contributed by atoms with Crippen molar-refractivity contribution in [3.63, 3.8) is 0 Å². The van der Waals surface area contributed by atoms with Crippen LogP contribution in [0.2, 0.25) is 5.02 Å². The summed E-state index contributed by atoms with van der Waals surface area (Å²) < 4.78 is 0. The summed E-state index contributed by atoms with van der Waals surface area (Å²) >= 11 is 6.63. The maximum atomic E-state index is 11.7. The molecule has 37 heavy (non-hydrogen) atoms. The van der Waals surface area contributed by atoms with Gasteiger partial charge in [0, 0.05) is 36.4 Å². The third-order valence-corrected chi connectivity index (χ3v) is 8.48. The van der Waals surface area contributed by atoms with Gasteiger partial charge in [0.1, 0.15) is 5.02 Å². The molecule has 192 valence electrons. The number of aliphatic carboxylic acids is 1. The first kappa shape index (κ1) is 24.2. The Morgan fingerprint density at radius 3 is 2.89 bits per heavy atom. The average Bonchev–Trinajstić information content (AvgIpc) is 3.16. The van der Waals surface area contributed by atoms with E-state index in [1.807, 2.05) is 36.1 Å². The lowest BCUT2D eigenvalue weighted by molar-refractivity contribution is -0.138. The van der Waals surface area contributed by atoms with Crippen molar-refractivity contribution in [3.05, 3.63) is 69.9 Å². The minimum atomic E-state index is -0.824. The summed E-state index contributed by atoms with van der Waals surface area (Å²) in [5.41, 5.74) is 6.78. The molecule has 0 spiro atoms. The fourth-order valence-electron chi connectivity index (χ4n) is 6.59. The first-order valence-corrected chi connectivity index (χ1v) is 13.5. The van der Waals surface area contributed by atoms with E-state index in [9.17, 15) is 9.90 Å². The van der Waals surface area contributed by atoms with Crippen LogP contribution in [0, 0.1) is 0 Å². The van der Waals surface area contributed by atoms with E-state index in [0.717, 1.165) is 43.0 Å². The van der Waals surface area contributed by atoms with Crippen molar-refractivity contribution in [1.82, 2.24) is 14.9 Å². The molecular weight excluding hydrogens is 486 g/mol. The Morgan fingerprint density at radius 2 is 2.08 bits per heavy atom. The van der Waals surface area contributed by atoms with Gasteiger partial charge in [-0.1, -0.05) is 43.6 Å². The molecule has 2 aromatic carbocycles. The SMILES string of the molecule is CCN1Cc2cc(Nc3ncc(Cl)c(N4CC(C)(CC(=O)O)c5ccccc54)n3)cc3c2C(CCC3)C1. The molecule has 2 N–H and O–H groups in total. The van der Waals surface area contributed by atoms with Gasteiger partial charge < -0.3 is 15.3 Å². The molecule has 0 saturated carbocycles. The van der Waals surface area contributed by atoms with Crippen molar-refractivity contribution in [3.8, 4) is 0 Å². The monoisotopic (exact) mass is 517 g/mol. The van der Waals surface area contributed by atoms with Crippen LogP contribution < -0.4 is 10.2 Å². The zero-order chi connectivity index (χ0) is 25.7. The summed E-state index contributed by atoms with van der Waals surface area (Å²) in [5, 5.41) is 13.5. The van der Waals surface area contributed by atoms with E-state index in [4.69, 9.17) is 16.6 Å². The fourth-order valence-corrected chi connectivity index (χ4v) is 6.78. The molecule has 2 aliphatic heterocycles. The van der Waals surface area contributed by atoms with Gasteiger partial charge in [0.2, 0.25) is 5.95 Å². The van der Waals surface area contributed by atoms with Gasteiger partial charge in [-0.2, -0.15) is 4.98 Å². The van der Waals surface area contributed by atoms with Crippen molar-refractivity contribution in [2.24, 2.45) is 0 Å². The van der Waals surface area contributed by atoms with Crippen molar-refractivity contribution in [2.75, 3.05) is 29.9 Å². The zero-order valence-electron chi connectivity index (χ0n) is 21.3. The lowest BCUT2D eigenvalue weighted by Crippen LogP contribution is -2.35. The quantitative estimate of drug-likeness (QED) is 0.414. The van der Waals surface area contributed by atoms with Gasteiger partial charge in [-0.3, -0.25) is 9.69 Å². The topological polar surface area (TPSA) is 81.6 Å². The largest absolute Gasteiger partial charge is 0.481 e. The van der Waals surface area contributed by atoms with Crippen LogP contribution in [0.4, 0.5) is 23.1 Å². The average molecular weight is 518 g/mol. The van der Waals surface area contributed by atoms with Crippen LogP contribution in [0.5, 0.6) is 0 Å². The molecule has 3 heterocycles. The first-order chi connectivity index (χ1) is 17.8. The highest BCUT2D eigenvalue weighted by Crippen LogP contribution is 2.47. The summed E-state index contributed by atoms with van der Waals surface area (Å²) in [6, 6.07) is 12.4. The minimum Gasteiger partial charge on any atom is -0.481 e. The van der Waals surface area contributed by atoms with E-state index in [-0.39, 0.29) is 6.42 Å². The lowest BCUT2D eigenvalue weighted by Gasteiger charge is -2.38. The lowest BCUT2D eigenvalue weighted by atomic mass is 9.77. The fraction of sp³-hybridized carbons (Fsp3) is 0.414. The standard InChI is InChI=1S/C29H32ClN5O2/c1-3-34-15-19-8-6-7-18-11-21(12-20(16-34)26(18)19)32-28-31-14-23(30)27(33-28)35-17-29(2,13-25(36)37)22-9-4-5-10-24(22)35/h4-5,9-12,14,19H,3,6-8,13,15-17H2,1-2H3,(H,36,37)(H,31,32,33). The molecule has 0 amide bonds. The highest BCUT2D eigenvalue weighted by Gasteiger charge is 2.42. The molecule has 7 nitrogen and oxygen atoms in total. The molecule has 0 saturated heterocycles. The number of rotatable bonds is 6. The number of carboxylic acid groups (broad SMARTS) is 1. The number of anilines is 4. The number of likely N-dealkylation sites (N-methyl/N-ethyl adjacent to an activating group) is 1. The maximum absolute atomic E-state index is 11.7. The van der Waals surface area contributed by atoms with Crippen LogP contribution in [0.1, 0.15) is 61.3 Å². The van der Waals surface area contributed by atoms with Crippen molar-refractivity contribution in [1.29, 1.82) is 0 Å². The van der Waals surface area contributed by atoms with Gasteiger partial charge in [0.05, 0.1) is 12.6 Å². The van der Waals surface area contributed by atoms with Gasteiger partial charge in [-0.15, -0.1) is 0 Å². The number of aromatic nitrogens is 2. The van der Waals surface area contributed by atoms with Crippen LogP contribution in [-0.4, -0.2) is 45.6 Å². The Morgan fingerprint density at radius 1 is 1.27 bits per heavy atom. The maximum Gasteiger partial charge on any atom is 0.304 e. The van der Waals surface area contributed by atoms with Crippen LogP contribution in [-0.2, 0) is 23.2 Å². The molecule has 2 atom stereocenters. The molecular formula is C29H32ClN5O2. The first-order valence-electron chi connectivity index (χ1n) is 13.1. The van der Waals surface area contributed by atoms with Crippen LogP contribution in [0.15, 0.2) is 42.6 Å². The number of halogens is 1. The van der Waals surface area contributed by atoms with Crippen LogP contribution in [0.3, 0.4) is 0 Å². The Balaban J connectivity index is 1.34. The summed E-state index contributed by atoms with van der Waals surface area (Å²) in [7, 11) is 0. The van der Waals surface area contributed by atoms with Crippen molar-refractivity contribution >= 4 is 40.7 Å². The van der Waals surface area contributed by atoms with Gasteiger partial charge in [-0.25, -0.2) is 4.98 Å². The molecule has 1 aliphatic carbocycles. The highest BCUT2D eigenvalue weighted by molar-refractivity contribution is 6.33. The molecule has 3 aromatic rings. The number of nitrogens with zero attached hydrogens (tertiary/aromatic N) is 4. The number of carbonyl (C=O) groups is 1. The van der Waals surface area contributed by atoms with E-state index >= 15 is 0 Å². The minimum absolute atomic E-state index is 0.0298. The summed E-state index contributed by atoms with van der Waals surface area (Å²) in [5.74, 6) is 0.870. The number of hydrogen-bond donors (Lipinski definition) is 2. The Labute approximate surface area is 222 Å². The van der Waals surface area contributed by atoms with Gasteiger partial charge in [0.25, 0.3) is 0 Å². The zero-order valence-corrected chi connectivity index (χ0v) is 22.1. The molecule has 0 bridgehead atoms. The molecule has 1 aromatic heterocycles. The van der Waals surface area contributed by atoms with Crippen LogP contribution in [0.25, 0.3) is 0 Å². The summed E-state index contributed by atoms with van der Waals surface area (Å²) in [6.07, 6.45) is 5.26. The number of carboxylic acids is 1. The van der Waals surface area contributed by atoms with E-state index in [1.54, 1.807) is 11.8 Å². The van der Waals surface area contributed by atoms with E-state index in [0.29, 0.717) is 29.3 Å². The molecule has 0 radical (unpaired) electrons. The van der Waals surface area contributed by atoms with Gasteiger partial charge in [0.15, 0.2) is 5.82 Å². The van der Waals surface area contributed by atoms with E-state index in [1.165, 1.54) is 24.0 Å². The Kier molecular flexibility index (Phi) is 6.08. The second kappa shape index (κ2) is 9.30. The molecule has 2 unspecified atom stereocenters. The number of hydrogen-bond acceptors (Lipinski definition) is 6. The normalized spacial score (nSPS) is 22.5. The number of benzene rings is 2. The van der Waals surface area contributed by atoms with E-state index in [2.05, 4.69) is 34.3 Å². The predicted molar refractivity (Wildman–Crippen MR) is 146 cm³/mol. The smallest absolute Gasteiger partial charge is 0.304 e. The third-order valence-electron chi connectivity index (χ3n) is 8.21. The Bertz CT molecular complexity index is 1380. The second-order valence-electron chi connectivity index (χ2n) is 10.8.